The van der Waals surface area contributed by atoms with Crippen LogP contribution in [0.4, 0.5) is 5.69 Å². The van der Waals surface area contributed by atoms with Gasteiger partial charge >= 0.3 is 5.97 Å². The van der Waals surface area contributed by atoms with E-state index in [9.17, 15) is 9.59 Å². The number of ether oxygens (including phenoxy) is 4. The van der Waals surface area contributed by atoms with Gasteiger partial charge in [0.25, 0.3) is 5.91 Å². The van der Waals surface area contributed by atoms with E-state index >= 15 is 0 Å². The molecule has 38 heavy (non-hydrogen) atoms. The van der Waals surface area contributed by atoms with Gasteiger partial charge in [0.1, 0.15) is 18.1 Å². The van der Waals surface area contributed by atoms with Gasteiger partial charge in [-0.1, -0.05) is 6.07 Å². The predicted octanol–water partition coefficient (Wildman–Crippen LogP) is 4.78. The van der Waals surface area contributed by atoms with Crippen molar-refractivity contribution >= 4 is 17.6 Å². The predicted molar refractivity (Wildman–Crippen MR) is 139 cm³/mol. The van der Waals surface area contributed by atoms with Gasteiger partial charge in [0.2, 0.25) is 0 Å². The molecule has 2 heterocycles. The first-order valence-corrected chi connectivity index (χ1v) is 11.8. The molecule has 198 valence electrons. The lowest BCUT2D eigenvalue weighted by Crippen LogP contribution is -2.12. The lowest BCUT2D eigenvalue weighted by molar-refractivity contribution is 0.0600. The molecule has 2 aromatic heterocycles. The largest absolute Gasteiger partial charge is 0.493 e. The van der Waals surface area contributed by atoms with Gasteiger partial charge in [-0.3, -0.25) is 9.48 Å². The van der Waals surface area contributed by atoms with Crippen LogP contribution in [-0.2, 0) is 17.9 Å². The summed E-state index contributed by atoms with van der Waals surface area (Å²) in [5, 5.41) is 7.50. The Morgan fingerprint density at radius 1 is 0.947 bits per heavy atom. The molecule has 10 heteroatoms. The van der Waals surface area contributed by atoms with E-state index in [-0.39, 0.29) is 12.4 Å². The highest BCUT2D eigenvalue weighted by molar-refractivity contribution is 6.03. The van der Waals surface area contributed by atoms with E-state index in [0.29, 0.717) is 46.5 Å². The summed E-state index contributed by atoms with van der Waals surface area (Å²) in [5.41, 5.74) is 3.50. The Balaban J connectivity index is 1.39. The van der Waals surface area contributed by atoms with Crippen LogP contribution in [0.25, 0.3) is 0 Å². The van der Waals surface area contributed by atoms with Crippen molar-refractivity contribution in [1.29, 1.82) is 0 Å². The Hall–Kier alpha value is -4.73. The smallest absolute Gasteiger partial charge is 0.337 e. The van der Waals surface area contributed by atoms with Gasteiger partial charge in [0, 0.05) is 0 Å². The molecule has 4 aromatic rings. The molecule has 0 saturated heterocycles. The zero-order valence-corrected chi connectivity index (χ0v) is 21.9. The lowest BCUT2D eigenvalue weighted by atomic mass is 10.2. The molecule has 0 saturated carbocycles. The van der Waals surface area contributed by atoms with Crippen molar-refractivity contribution in [3.8, 4) is 17.2 Å². The summed E-state index contributed by atoms with van der Waals surface area (Å²) in [6, 6.07) is 15.5. The van der Waals surface area contributed by atoms with Crippen molar-refractivity contribution in [2.75, 3.05) is 26.6 Å². The van der Waals surface area contributed by atoms with E-state index < -0.39 is 11.9 Å². The highest BCUT2D eigenvalue weighted by Gasteiger charge is 2.18. The number of carbonyl (C=O) groups excluding carboxylic acids is 2. The quantitative estimate of drug-likeness (QED) is 0.298. The number of nitrogens with zero attached hydrogens (tertiary/aromatic N) is 2. The minimum absolute atomic E-state index is 0.117. The standard InChI is InChI=1S/C28H29N3O7/c1-17-26(18(2)31(30-17)15-19-6-12-23(34-3)25(14-19)35-4)29-27(32)24-13-11-22(38-24)16-37-21-9-7-20(8-10-21)28(33)36-5/h6-14H,15-16H2,1-5H3,(H,29,32). The molecule has 1 N–H and O–H groups in total. The number of nitrogens with one attached hydrogen (secondary N) is 1. The number of carbonyl (C=O) groups is 2. The number of benzene rings is 2. The van der Waals surface area contributed by atoms with Crippen LogP contribution >= 0.6 is 0 Å². The second-order valence-electron chi connectivity index (χ2n) is 8.42. The lowest BCUT2D eigenvalue weighted by Gasteiger charge is -2.11. The van der Waals surface area contributed by atoms with Crippen LogP contribution in [0.1, 0.15) is 43.6 Å². The molecule has 0 aliphatic carbocycles. The van der Waals surface area contributed by atoms with Crippen LogP contribution in [0.3, 0.4) is 0 Å². The van der Waals surface area contributed by atoms with Gasteiger partial charge in [-0.2, -0.15) is 5.10 Å². The van der Waals surface area contributed by atoms with Gasteiger partial charge in [-0.05, 0) is 67.9 Å². The SMILES string of the molecule is COC(=O)c1ccc(OCc2ccc(C(=O)Nc3c(C)nn(Cc4ccc(OC)c(OC)c4)c3C)o2)cc1. The maximum atomic E-state index is 12.9. The molecule has 0 fully saturated rings. The Kier molecular flexibility index (Phi) is 8.00. The number of hydrogen-bond acceptors (Lipinski definition) is 8. The normalized spacial score (nSPS) is 10.7. The maximum Gasteiger partial charge on any atom is 0.337 e. The summed E-state index contributed by atoms with van der Waals surface area (Å²) in [4.78, 5) is 24.4. The van der Waals surface area contributed by atoms with Crippen LogP contribution in [0, 0.1) is 13.8 Å². The maximum absolute atomic E-state index is 12.9. The minimum atomic E-state index is -0.421. The highest BCUT2D eigenvalue weighted by Crippen LogP contribution is 2.29. The number of rotatable bonds is 10. The summed E-state index contributed by atoms with van der Waals surface area (Å²) in [6.45, 7) is 4.34. The third kappa shape index (κ3) is 5.80. The van der Waals surface area contributed by atoms with Crippen LogP contribution in [-0.4, -0.2) is 43.0 Å². The third-order valence-electron chi connectivity index (χ3n) is 5.94. The molecule has 2 aromatic carbocycles. The minimum Gasteiger partial charge on any atom is -0.493 e. The molecule has 0 unspecified atom stereocenters. The first-order chi connectivity index (χ1) is 18.3. The summed E-state index contributed by atoms with van der Waals surface area (Å²) < 4.78 is 28.6. The van der Waals surface area contributed by atoms with Crippen molar-refractivity contribution in [3.63, 3.8) is 0 Å². The number of aryl methyl sites for hydroxylation is 1. The fraction of sp³-hybridized carbons (Fsp3) is 0.250. The van der Waals surface area contributed by atoms with Crippen molar-refractivity contribution in [3.05, 3.63) is 88.6 Å². The van der Waals surface area contributed by atoms with Crippen LogP contribution in [0.5, 0.6) is 17.2 Å². The topological polar surface area (TPSA) is 114 Å². The number of amides is 1. The van der Waals surface area contributed by atoms with Crippen LogP contribution in [0.15, 0.2) is 59.0 Å². The fourth-order valence-corrected chi connectivity index (χ4v) is 3.90. The van der Waals surface area contributed by atoms with E-state index in [0.717, 1.165) is 11.3 Å². The van der Waals surface area contributed by atoms with Crippen LogP contribution < -0.4 is 19.5 Å². The molecular weight excluding hydrogens is 490 g/mol. The Bertz CT molecular complexity index is 1440. The summed E-state index contributed by atoms with van der Waals surface area (Å²) in [7, 11) is 4.51. The second kappa shape index (κ2) is 11.5. The van der Waals surface area contributed by atoms with Crippen molar-refractivity contribution in [2.24, 2.45) is 0 Å². The Morgan fingerprint density at radius 2 is 1.68 bits per heavy atom. The molecule has 1 amide bonds. The molecule has 0 radical (unpaired) electrons. The molecular formula is C28H29N3O7. The Labute approximate surface area is 220 Å². The summed E-state index contributed by atoms with van der Waals surface area (Å²) in [5.74, 6) is 1.65. The zero-order valence-electron chi connectivity index (χ0n) is 21.9. The first-order valence-electron chi connectivity index (χ1n) is 11.8. The van der Waals surface area contributed by atoms with Gasteiger partial charge in [0.05, 0.1) is 50.5 Å². The van der Waals surface area contributed by atoms with Gasteiger partial charge in [0.15, 0.2) is 17.3 Å². The fourth-order valence-electron chi connectivity index (χ4n) is 3.90. The van der Waals surface area contributed by atoms with E-state index in [1.807, 2.05) is 36.7 Å². The first kappa shape index (κ1) is 26.3. The number of hydrogen-bond donors (Lipinski definition) is 1. The average Bonchev–Trinajstić information content (AvgIpc) is 3.52. The van der Waals surface area contributed by atoms with E-state index in [1.54, 1.807) is 50.6 Å². The van der Waals surface area contributed by atoms with Gasteiger partial charge in [-0.15, -0.1) is 0 Å². The molecule has 4 rings (SSSR count). The van der Waals surface area contributed by atoms with E-state index in [4.69, 9.17) is 18.6 Å². The molecule has 0 atom stereocenters. The molecule has 0 aliphatic rings. The Morgan fingerprint density at radius 3 is 2.37 bits per heavy atom. The molecule has 0 bridgehead atoms. The third-order valence-corrected chi connectivity index (χ3v) is 5.94. The van der Waals surface area contributed by atoms with Gasteiger partial charge in [-0.25, -0.2) is 4.79 Å². The monoisotopic (exact) mass is 519 g/mol. The van der Waals surface area contributed by atoms with Crippen LogP contribution in [0.2, 0.25) is 0 Å². The molecule has 0 spiro atoms. The zero-order chi connectivity index (χ0) is 27.2. The average molecular weight is 520 g/mol. The molecule has 10 nitrogen and oxygen atoms in total. The second-order valence-corrected chi connectivity index (χ2v) is 8.42. The van der Waals surface area contributed by atoms with Crippen molar-refractivity contribution < 1.29 is 33.0 Å². The van der Waals surface area contributed by atoms with Gasteiger partial charge < -0.3 is 28.7 Å². The number of furan rings is 1. The summed E-state index contributed by atoms with van der Waals surface area (Å²) >= 11 is 0. The molecule has 0 aliphatic heterocycles. The van der Waals surface area contributed by atoms with Crippen molar-refractivity contribution in [2.45, 2.75) is 27.0 Å². The number of anilines is 1. The van der Waals surface area contributed by atoms with E-state index in [1.165, 1.54) is 7.11 Å². The number of methoxy groups -OCH3 is 3. The summed E-state index contributed by atoms with van der Waals surface area (Å²) in [6.07, 6.45) is 0. The number of aromatic nitrogens is 2. The van der Waals surface area contributed by atoms with E-state index in [2.05, 4.69) is 15.2 Å². The number of esters is 1. The highest BCUT2D eigenvalue weighted by atomic mass is 16.5. The van der Waals surface area contributed by atoms with Crippen molar-refractivity contribution in [1.82, 2.24) is 9.78 Å².